The average Bonchev–Trinajstić information content (AvgIpc) is 2.92. The van der Waals surface area contributed by atoms with Gasteiger partial charge >= 0.3 is 0 Å². The normalized spacial score (nSPS) is 14.6. The summed E-state index contributed by atoms with van der Waals surface area (Å²) >= 11 is 0. The molecule has 0 aliphatic carbocycles. The van der Waals surface area contributed by atoms with E-state index in [0.29, 0.717) is 24.5 Å². The molecule has 0 N–H and O–H groups in total. The molecule has 1 aliphatic rings. The fraction of sp³-hybridized carbons (Fsp3) is 0.788. The number of hydrogen-bond acceptors (Lipinski definition) is 5. The van der Waals surface area contributed by atoms with Gasteiger partial charge in [-0.25, -0.2) is 0 Å². The van der Waals surface area contributed by atoms with Crippen molar-refractivity contribution in [1.82, 2.24) is 9.80 Å². The number of piperazine rings is 1. The molecule has 0 saturated carbocycles. The van der Waals surface area contributed by atoms with E-state index < -0.39 is 0 Å². The molecule has 0 amide bonds. The molecular weight excluding hydrogens is 472 g/mol. The first kappa shape index (κ1) is 32.6. The minimum Gasteiger partial charge on any atom is -0.493 e. The molecular formula is C33H58N2O3. The zero-order valence-corrected chi connectivity index (χ0v) is 25.1. The van der Waals surface area contributed by atoms with Crippen LogP contribution in [0.4, 0.5) is 0 Å². The minimum atomic E-state index is 0.148. The van der Waals surface area contributed by atoms with Crippen molar-refractivity contribution in [3.05, 3.63) is 23.8 Å². The van der Waals surface area contributed by atoms with Crippen molar-refractivity contribution in [3.63, 3.8) is 0 Å². The van der Waals surface area contributed by atoms with E-state index in [1.165, 1.54) is 89.9 Å². The van der Waals surface area contributed by atoms with Crippen LogP contribution in [0.1, 0.15) is 127 Å². The molecule has 0 radical (unpaired) electrons. The molecule has 0 atom stereocenters. The van der Waals surface area contributed by atoms with Gasteiger partial charge in [-0.15, -0.1) is 0 Å². The second kappa shape index (κ2) is 21.3. The molecule has 2 rings (SSSR count). The van der Waals surface area contributed by atoms with E-state index in [2.05, 4.69) is 30.7 Å². The van der Waals surface area contributed by atoms with E-state index in [1.807, 2.05) is 18.2 Å². The third-order valence-corrected chi connectivity index (χ3v) is 7.74. The van der Waals surface area contributed by atoms with E-state index in [0.717, 1.165) is 51.4 Å². The second-order valence-corrected chi connectivity index (χ2v) is 11.3. The third kappa shape index (κ3) is 14.5. The first-order chi connectivity index (χ1) is 18.6. The molecule has 1 saturated heterocycles. The summed E-state index contributed by atoms with van der Waals surface area (Å²) in [5.74, 6) is 1.66. The quantitative estimate of drug-likeness (QED) is 0.105. The zero-order chi connectivity index (χ0) is 27.3. The van der Waals surface area contributed by atoms with Crippen molar-refractivity contribution in [2.75, 3.05) is 53.0 Å². The standard InChI is InChI=1S/C33H58N2O3/c1-4-6-8-10-12-14-16-18-26-37-30-20-21-31(32(36)29-35-24-22-34(3)23-25-35)33(28-30)38-27-19-17-15-13-11-9-7-5-2/h20-21,28H,4-19,22-27,29H2,1-3H3. The van der Waals surface area contributed by atoms with Crippen LogP contribution in [0.15, 0.2) is 18.2 Å². The Morgan fingerprint density at radius 1 is 0.684 bits per heavy atom. The number of ether oxygens (including phenoxy) is 2. The Hall–Kier alpha value is -1.59. The summed E-state index contributed by atoms with van der Waals surface area (Å²) in [6.45, 7) is 10.3. The third-order valence-electron chi connectivity index (χ3n) is 7.74. The Balaban J connectivity index is 1.81. The van der Waals surface area contributed by atoms with Gasteiger partial charge in [-0.05, 0) is 32.0 Å². The Kier molecular flexibility index (Phi) is 18.2. The summed E-state index contributed by atoms with van der Waals surface area (Å²) in [7, 11) is 2.14. The number of rotatable bonds is 23. The fourth-order valence-electron chi connectivity index (χ4n) is 5.08. The smallest absolute Gasteiger partial charge is 0.180 e. The average molecular weight is 531 g/mol. The number of hydrogen-bond donors (Lipinski definition) is 0. The zero-order valence-electron chi connectivity index (χ0n) is 25.1. The number of benzene rings is 1. The van der Waals surface area contributed by atoms with Gasteiger partial charge in [0.15, 0.2) is 5.78 Å². The maximum absolute atomic E-state index is 13.2. The maximum Gasteiger partial charge on any atom is 0.180 e. The van der Waals surface area contributed by atoms with Crippen molar-refractivity contribution in [1.29, 1.82) is 0 Å². The molecule has 38 heavy (non-hydrogen) atoms. The number of Topliss-reactive ketones (excluding diaryl/α,β-unsaturated/α-hetero) is 1. The van der Waals surface area contributed by atoms with Crippen LogP contribution in [-0.4, -0.2) is 68.6 Å². The Labute approximate surface area is 234 Å². The highest BCUT2D eigenvalue weighted by Gasteiger charge is 2.20. The molecule has 1 fully saturated rings. The summed E-state index contributed by atoms with van der Waals surface area (Å²) in [5.41, 5.74) is 0.697. The monoisotopic (exact) mass is 530 g/mol. The molecule has 0 bridgehead atoms. The highest BCUT2D eigenvalue weighted by Crippen LogP contribution is 2.27. The van der Waals surface area contributed by atoms with Crippen molar-refractivity contribution >= 4 is 5.78 Å². The lowest BCUT2D eigenvalue weighted by Gasteiger charge is -2.31. The van der Waals surface area contributed by atoms with E-state index in [4.69, 9.17) is 9.47 Å². The number of likely N-dealkylation sites (N-methyl/N-ethyl adjacent to an activating group) is 1. The number of ketones is 1. The highest BCUT2D eigenvalue weighted by atomic mass is 16.5. The van der Waals surface area contributed by atoms with E-state index in [1.54, 1.807) is 0 Å². The number of carbonyl (C=O) groups excluding carboxylic acids is 1. The Bertz CT molecular complexity index is 731. The van der Waals surface area contributed by atoms with E-state index in [9.17, 15) is 4.79 Å². The van der Waals surface area contributed by atoms with Gasteiger partial charge in [0.05, 0.1) is 25.3 Å². The predicted molar refractivity (Wildman–Crippen MR) is 161 cm³/mol. The topological polar surface area (TPSA) is 42.0 Å². The predicted octanol–water partition coefficient (Wildman–Crippen LogP) is 8.16. The van der Waals surface area contributed by atoms with Gasteiger partial charge in [-0.3, -0.25) is 9.69 Å². The van der Waals surface area contributed by atoms with E-state index >= 15 is 0 Å². The van der Waals surface area contributed by atoms with Crippen LogP contribution in [0.25, 0.3) is 0 Å². The first-order valence-electron chi connectivity index (χ1n) is 16.0. The van der Waals surface area contributed by atoms with Crippen molar-refractivity contribution in [2.24, 2.45) is 0 Å². The molecule has 5 heteroatoms. The summed E-state index contributed by atoms with van der Waals surface area (Å²) in [4.78, 5) is 17.8. The molecule has 1 aromatic rings. The van der Waals surface area contributed by atoms with Crippen molar-refractivity contribution in [3.8, 4) is 11.5 Å². The van der Waals surface area contributed by atoms with Gasteiger partial charge in [-0.2, -0.15) is 0 Å². The lowest BCUT2D eigenvalue weighted by molar-refractivity contribution is 0.0872. The van der Waals surface area contributed by atoms with Crippen molar-refractivity contribution < 1.29 is 14.3 Å². The van der Waals surface area contributed by atoms with Gasteiger partial charge in [0.1, 0.15) is 11.5 Å². The molecule has 1 heterocycles. The Morgan fingerprint density at radius 2 is 1.18 bits per heavy atom. The molecule has 0 aromatic heterocycles. The molecule has 5 nitrogen and oxygen atoms in total. The van der Waals surface area contributed by atoms with Gasteiger partial charge in [0, 0.05) is 32.2 Å². The Morgan fingerprint density at radius 3 is 1.74 bits per heavy atom. The second-order valence-electron chi connectivity index (χ2n) is 11.3. The highest BCUT2D eigenvalue weighted by molar-refractivity contribution is 6.00. The molecule has 0 unspecified atom stereocenters. The van der Waals surface area contributed by atoms with Crippen LogP contribution in [0.2, 0.25) is 0 Å². The summed E-state index contributed by atoms with van der Waals surface area (Å²) in [6.07, 6.45) is 20.5. The summed E-state index contributed by atoms with van der Waals surface area (Å²) in [5, 5.41) is 0. The van der Waals surface area contributed by atoms with Gasteiger partial charge in [0.2, 0.25) is 0 Å². The SMILES string of the molecule is CCCCCCCCCCOc1ccc(C(=O)CN2CCN(C)CC2)c(OCCCCCCCCCC)c1. The minimum absolute atomic E-state index is 0.148. The number of nitrogens with zero attached hydrogens (tertiary/aromatic N) is 2. The molecule has 0 spiro atoms. The molecule has 218 valence electrons. The van der Waals surface area contributed by atoms with Crippen LogP contribution in [0.3, 0.4) is 0 Å². The van der Waals surface area contributed by atoms with Gasteiger partial charge in [-0.1, -0.05) is 104 Å². The van der Waals surface area contributed by atoms with Crippen molar-refractivity contribution in [2.45, 2.75) is 117 Å². The molecule has 1 aromatic carbocycles. The lowest BCUT2D eigenvalue weighted by Crippen LogP contribution is -2.46. The van der Waals surface area contributed by atoms with Gasteiger partial charge < -0.3 is 14.4 Å². The van der Waals surface area contributed by atoms with Crippen LogP contribution in [0.5, 0.6) is 11.5 Å². The summed E-state index contributed by atoms with van der Waals surface area (Å²) < 4.78 is 12.3. The lowest BCUT2D eigenvalue weighted by atomic mass is 10.1. The fourth-order valence-corrected chi connectivity index (χ4v) is 5.08. The largest absolute Gasteiger partial charge is 0.493 e. The summed E-state index contributed by atoms with van der Waals surface area (Å²) in [6, 6.07) is 5.82. The van der Waals surface area contributed by atoms with Crippen LogP contribution in [-0.2, 0) is 0 Å². The van der Waals surface area contributed by atoms with Crippen LogP contribution < -0.4 is 9.47 Å². The van der Waals surface area contributed by atoms with Gasteiger partial charge in [0.25, 0.3) is 0 Å². The number of carbonyl (C=O) groups is 1. The van der Waals surface area contributed by atoms with Crippen LogP contribution in [0, 0.1) is 0 Å². The maximum atomic E-state index is 13.2. The van der Waals surface area contributed by atoms with E-state index in [-0.39, 0.29) is 5.78 Å². The number of unbranched alkanes of at least 4 members (excludes halogenated alkanes) is 14. The van der Waals surface area contributed by atoms with Crippen LogP contribution >= 0.6 is 0 Å². The molecule has 1 aliphatic heterocycles. The first-order valence-corrected chi connectivity index (χ1v) is 16.0.